The number of benzene rings is 2. The number of nitrogens with one attached hydrogen (secondary N) is 1. The minimum absolute atomic E-state index is 0.0935. The maximum Gasteiger partial charge on any atom is 0.248 e. The molecule has 1 aliphatic rings. The summed E-state index contributed by atoms with van der Waals surface area (Å²) in [7, 11) is 0. The van der Waals surface area contributed by atoms with Gasteiger partial charge < -0.3 is 5.32 Å². The lowest BCUT2D eigenvalue weighted by molar-refractivity contribution is -0.111. The lowest BCUT2D eigenvalue weighted by Gasteiger charge is -2.37. The lowest BCUT2D eigenvalue weighted by Crippen LogP contribution is -2.24. The second-order valence-electron chi connectivity index (χ2n) is 11.9. The second-order valence-corrected chi connectivity index (χ2v) is 11.9. The minimum Gasteiger partial charge on any atom is -0.323 e. The summed E-state index contributed by atoms with van der Waals surface area (Å²) < 4.78 is 0. The first-order valence-electron chi connectivity index (χ1n) is 16.0. The Morgan fingerprint density at radius 2 is 1.67 bits per heavy atom. The molecule has 0 radical (unpaired) electrons. The van der Waals surface area contributed by atoms with Gasteiger partial charge in [-0.2, -0.15) is 0 Å². The molecule has 1 aromatic heterocycles. The highest BCUT2D eigenvalue weighted by atomic mass is 16.1. The van der Waals surface area contributed by atoms with Crippen molar-refractivity contribution in [3.8, 4) is 0 Å². The minimum atomic E-state index is -0.134. The van der Waals surface area contributed by atoms with Gasteiger partial charge in [-0.3, -0.25) is 14.8 Å². The van der Waals surface area contributed by atoms with E-state index in [0.29, 0.717) is 12.5 Å². The fourth-order valence-electron chi connectivity index (χ4n) is 5.46. The van der Waals surface area contributed by atoms with E-state index in [0.717, 1.165) is 40.9 Å². The Balaban J connectivity index is 0.00000271. The second kappa shape index (κ2) is 17.7. The van der Waals surface area contributed by atoms with E-state index in [2.05, 4.69) is 80.5 Å². The van der Waals surface area contributed by atoms with Crippen molar-refractivity contribution in [2.45, 2.75) is 73.8 Å². The molecule has 0 aliphatic heterocycles. The molecule has 3 aromatic rings. The van der Waals surface area contributed by atoms with Gasteiger partial charge in [-0.05, 0) is 85.6 Å². The number of para-hydroxylation sites is 1. The third kappa shape index (κ3) is 11.1. The Bertz CT molecular complexity index is 1570. The highest BCUT2D eigenvalue weighted by Gasteiger charge is 2.33. The number of carbonyl (C=O) groups excluding carboxylic acids is 1. The van der Waals surface area contributed by atoms with Gasteiger partial charge in [0, 0.05) is 35.8 Å². The summed E-state index contributed by atoms with van der Waals surface area (Å²) in [6.45, 7) is 15.6. The van der Waals surface area contributed by atoms with Crippen molar-refractivity contribution in [2.75, 3.05) is 5.32 Å². The van der Waals surface area contributed by atoms with E-state index in [1.165, 1.54) is 16.7 Å². The third-order valence-corrected chi connectivity index (χ3v) is 7.88. The molecule has 0 spiro atoms. The average Bonchev–Trinajstić information content (AvgIpc) is 3.03. The normalized spacial score (nSPS) is 17.1. The highest BCUT2D eigenvalue weighted by molar-refractivity contribution is 5.99. The number of anilines is 1. The summed E-state index contributed by atoms with van der Waals surface area (Å²) >= 11 is 0. The number of aromatic nitrogens is 1. The van der Waals surface area contributed by atoms with E-state index in [1.807, 2.05) is 93.9 Å². The van der Waals surface area contributed by atoms with Crippen LogP contribution in [0, 0.1) is 5.41 Å². The molecule has 4 nitrogen and oxygen atoms in total. The zero-order valence-corrected chi connectivity index (χ0v) is 28.0. The van der Waals surface area contributed by atoms with Crippen molar-refractivity contribution in [3.05, 3.63) is 155 Å². The van der Waals surface area contributed by atoms with E-state index in [-0.39, 0.29) is 11.3 Å². The maximum atomic E-state index is 12.3. The number of hydrogen-bond acceptors (Lipinski definition) is 3. The first kappa shape index (κ1) is 34.9. The van der Waals surface area contributed by atoms with Crippen molar-refractivity contribution in [1.29, 1.82) is 0 Å². The molecule has 2 aromatic carbocycles. The fourth-order valence-corrected chi connectivity index (χ4v) is 5.46. The summed E-state index contributed by atoms with van der Waals surface area (Å²) in [6, 6.07) is 24.0. The van der Waals surface area contributed by atoms with Crippen molar-refractivity contribution in [1.82, 2.24) is 4.98 Å². The standard InChI is InChI=1S/C39H43N3O.C2H6/c1-29(13-12-14-30(2)25-38(43)42-34-17-10-7-11-18-34)19-20-36-31(3)35(21-23-39(36,4)5)37-26-33(22-24-41-37)28-40-27-32-15-8-6-9-16-32;1-2/h6-20,22,24-27,35H,21,23,28H2,1-5H3,(H,42,43);1-2H3/b14-12+,20-19+,29-13+,30-25-,40-27?;. The Kier molecular flexibility index (Phi) is 13.7. The zero-order valence-electron chi connectivity index (χ0n) is 28.0. The molecule has 1 N–H and O–H groups in total. The number of aliphatic imine (C=N–C) groups is 1. The van der Waals surface area contributed by atoms with Crippen LogP contribution in [-0.4, -0.2) is 17.1 Å². The van der Waals surface area contributed by atoms with Crippen LogP contribution in [0.1, 0.15) is 84.0 Å². The van der Waals surface area contributed by atoms with Gasteiger partial charge in [-0.15, -0.1) is 0 Å². The topological polar surface area (TPSA) is 54.4 Å². The molecule has 45 heavy (non-hydrogen) atoms. The first-order chi connectivity index (χ1) is 21.7. The Morgan fingerprint density at radius 1 is 0.978 bits per heavy atom. The van der Waals surface area contributed by atoms with Crippen LogP contribution in [-0.2, 0) is 11.3 Å². The summed E-state index contributed by atoms with van der Waals surface area (Å²) in [5.41, 5.74) is 9.09. The largest absolute Gasteiger partial charge is 0.323 e. The van der Waals surface area contributed by atoms with E-state index < -0.39 is 0 Å². The summed E-state index contributed by atoms with van der Waals surface area (Å²) in [4.78, 5) is 21.7. The number of amides is 1. The van der Waals surface area contributed by atoms with E-state index >= 15 is 0 Å². The number of hydrogen-bond donors (Lipinski definition) is 1. The molecule has 0 bridgehead atoms. The molecular weight excluding hydrogens is 550 g/mol. The number of rotatable bonds is 10. The van der Waals surface area contributed by atoms with Crippen molar-refractivity contribution < 1.29 is 4.79 Å². The number of carbonyl (C=O) groups is 1. The van der Waals surface area contributed by atoms with Crippen LogP contribution in [0.25, 0.3) is 0 Å². The molecule has 4 heteroatoms. The smallest absolute Gasteiger partial charge is 0.248 e. The predicted octanol–water partition coefficient (Wildman–Crippen LogP) is 10.6. The van der Waals surface area contributed by atoms with Crippen LogP contribution >= 0.6 is 0 Å². The molecule has 1 amide bonds. The highest BCUT2D eigenvalue weighted by Crippen LogP contribution is 2.46. The number of nitrogens with zero attached hydrogens (tertiary/aromatic N) is 2. The van der Waals surface area contributed by atoms with Gasteiger partial charge in [0.05, 0.1) is 6.54 Å². The molecule has 1 unspecified atom stereocenters. The zero-order chi connectivity index (χ0) is 32.7. The Hall–Kier alpha value is -4.57. The molecular formula is C41H49N3O. The summed E-state index contributed by atoms with van der Waals surface area (Å²) in [6.07, 6.45) is 18.2. The molecule has 1 heterocycles. The number of allylic oxidation sites excluding steroid dienone is 9. The maximum absolute atomic E-state index is 12.3. The van der Waals surface area contributed by atoms with E-state index in [4.69, 9.17) is 4.98 Å². The summed E-state index contributed by atoms with van der Waals surface area (Å²) in [5, 5.41) is 2.88. The molecule has 234 valence electrons. The van der Waals surface area contributed by atoms with Crippen molar-refractivity contribution >= 4 is 17.8 Å². The van der Waals surface area contributed by atoms with Crippen LogP contribution < -0.4 is 5.32 Å². The van der Waals surface area contributed by atoms with E-state index in [1.54, 1.807) is 6.08 Å². The first-order valence-corrected chi connectivity index (χ1v) is 16.0. The SMILES string of the molecule is CC.CC1=C(/C=C/C(C)=C/C=C/C(C)=C\C(=O)Nc2ccccc2)C(C)(C)CCC1c1cc(CN=Cc2ccccc2)ccn1. The van der Waals surface area contributed by atoms with Crippen LogP contribution in [0.5, 0.6) is 0 Å². The molecule has 0 fully saturated rings. The van der Waals surface area contributed by atoms with Gasteiger partial charge in [-0.1, -0.05) is 118 Å². The fraction of sp³-hybridized carbons (Fsp3) is 0.293. The van der Waals surface area contributed by atoms with Gasteiger partial charge >= 0.3 is 0 Å². The predicted molar refractivity (Wildman–Crippen MR) is 193 cm³/mol. The van der Waals surface area contributed by atoms with Crippen LogP contribution in [0.3, 0.4) is 0 Å². The molecule has 0 saturated carbocycles. The van der Waals surface area contributed by atoms with Gasteiger partial charge in [0.1, 0.15) is 0 Å². The monoisotopic (exact) mass is 599 g/mol. The van der Waals surface area contributed by atoms with Gasteiger partial charge in [0.25, 0.3) is 0 Å². The molecule has 1 aliphatic carbocycles. The van der Waals surface area contributed by atoms with Gasteiger partial charge in [0.15, 0.2) is 0 Å². The van der Waals surface area contributed by atoms with Crippen LogP contribution in [0.4, 0.5) is 5.69 Å². The Morgan fingerprint density at radius 3 is 2.38 bits per heavy atom. The van der Waals surface area contributed by atoms with Gasteiger partial charge in [0.2, 0.25) is 5.91 Å². The summed E-state index contributed by atoms with van der Waals surface area (Å²) in [5.74, 6) is 0.162. The van der Waals surface area contributed by atoms with Crippen molar-refractivity contribution in [2.24, 2.45) is 10.4 Å². The lowest BCUT2D eigenvalue weighted by atomic mass is 9.68. The van der Waals surface area contributed by atoms with Gasteiger partial charge in [-0.25, -0.2) is 0 Å². The van der Waals surface area contributed by atoms with E-state index in [9.17, 15) is 4.79 Å². The number of pyridine rings is 1. The molecule has 1 atom stereocenters. The van der Waals surface area contributed by atoms with Crippen LogP contribution in [0.2, 0.25) is 0 Å². The third-order valence-electron chi connectivity index (χ3n) is 7.88. The van der Waals surface area contributed by atoms with Crippen LogP contribution in [0.15, 0.2) is 143 Å². The average molecular weight is 600 g/mol. The molecule has 4 rings (SSSR count). The molecule has 0 saturated heterocycles. The quantitative estimate of drug-likeness (QED) is 0.143. The van der Waals surface area contributed by atoms with Crippen molar-refractivity contribution in [3.63, 3.8) is 0 Å². The Labute approximate surface area is 271 Å².